The zero-order valence-corrected chi connectivity index (χ0v) is 10.3. The molecule has 15 heavy (non-hydrogen) atoms. The van der Waals surface area contributed by atoms with E-state index in [1.807, 2.05) is 11.8 Å². The molecular weight excluding hydrogens is 202 g/mol. The largest absolute Gasteiger partial charge is 0.296 e. The molecule has 0 amide bonds. The van der Waals surface area contributed by atoms with E-state index in [-0.39, 0.29) is 5.54 Å². The predicted octanol–water partition coefficient (Wildman–Crippen LogP) is 3.49. The lowest BCUT2D eigenvalue weighted by Gasteiger charge is -2.19. The third-order valence-corrected chi connectivity index (χ3v) is 3.93. The summed E-state index contributed by atoms with van der Waals surface area (Å²) in [6.45, 7) is 6.68. The first-order valence-corrected chi connectivity index (χ1v) is 6.17. The molecule has 80 valence electrons. The second kappa shape index (κ2) is 4.03. The van der Waals surface area contributed by atoms with Crippen molar-refractivity contribution >= 4 is 17.8 Å². The van der Waals surface area contributed by atoms with E-state index in [0.29, 0.717) is 5.37 Å². The van der Waals surface area contributed by atoms with Gasteiger partial charge in [0.1, 0.15) is 0 Å². The summed E-state index contributed by atoms with van der Waals surface area (Å²) in [6, 6.07) is 10.5. The maximum atomic E-state index is 3.56. The molecule has 0 aliphatic carbocycles. The Labute approximate surface area is 96.0 Å². The predicted molar refractivity (Wildman–Crippen MR) is 68.7 cm³/mol. The van der Waals surface area contributed by atoms with Crippen LogP contribution in [-0.4, -0.2) is 10.9 Å². The highest BCUT2D eigenvalue weighted by Gasteiger charge is 2.33. The molecular formula is C13H17NS. The molecule has 0 spiro atoms. The standard InChI is InChI=1S/C13H17NS/c1-10-14-13(2,3)12(15-10)9-11-7-5-4-6-8-11/h4-10,14H,1-3H3. The Morgan fingerprint density at radius 1 is 1.27 bits per heavy atom. The van der Waals surface area contributed by atoms with Crippen LogP contribution in [0.1, 0.15) is 26.3 Å². The van der Waals surface area contributed by atoms with Crippen molar-refractivity contribution in [2.75, 3.05) is 0 Å². The van der Waals surface area contributed by atoms with E-state index in [9.17, 15) is 0 Å². The monoisotopic (exact) mass is 219 g/mol. The van der Waals surface area contributed by atoms with E-state index in [1.54, 1.807) is 0 Å². The quantitative estimate of drug-likeness (QED) is 0.776. The second-order valence-corrected chi connectivity index (χ2v) is 5.83. The summed E-state index contributed by atoms with van der Waals surface area (Å²) in [5, 5.41) is 4.07. The maximum absolute atomic E-state index is 3.56. The van der Waals surface area contributed by atoms with Crippen LogP contribution in [-0.2, 0) is 0 Å². The van der Waals surface area contributed by atoms with Crippen LogP contribution in [0.3, 0.4) is 0 Å². The number of rotatable bonds is 1. The van der Waals surface area contributed by atoms with Crippen molar-refractivity contribution in [3.8, 4) is 0 Å². The Hall–Kier alpha value is -0.730. The second-order valence-electron chi connectivity index (χ2n) is 4.45. The Balaban J connectivity index is 2.28. The van der Waals surface area contributed by atoms with Crippen LogP contribution >= 0.6 is 11.8 Å². The van der Waals surface area contributed by atoms with Gasteiger partial charge in [-0.2, -0.15) is 0 Å². The number of thioether (sulfide) groups is 1. The molecule has 0 saturated carbocycles. The van der Waals surface area contributed by atoms with Crippen LogP contribution in [0.2, 0.25) is 0 Å². The molecule has 0 bridgehead atoms. The zero-order valence-electron chi connectivity index (χ0n) is 9.45. The molecule has 1 fully saturated rings. The van der Waals surface area contributed by atoms with Gasteiger partial charge >= 0.3 is 0 Å². The average Bonchev–Trinajstić information content (AvgIpc) is 2.41. The van der Waals surface area contributed by atoms with Crippen LogP contribution in [0.5, 0.6) is 0 Å². The zero-order chi connectivity index (χ0) is 10.9. The molecule has 2 rings (SSSR count). The molecule has 1 unspecified atom stereocenters. The highest BCUT2D eigenvalue weighted by molar-refractivity contribution is 8.04. The highest BCUT2D eigenvalue weighted by atomic mass is 32.2. The van der Waals surface area contributed by atoms with Gasteiger partial charge in [0.05, 0.1) is 5.37 Å². The van der Waals surface area contributed by atoms with Crippen LogP contribution in [0.15, 0.2) is 35.2 Å². The lowest BCUT2D eigenvalue weighted by atomic mass is 10.0. The Bertz CT molecular complexity index is 367. The number of hydrogen-bond donors (Lipinski definition) is 1. The van der Waals surface area contributed by atoms with Crippen LogP contribution in [0.25, 0.3) is 6.08 Å². The lowest BCUT2D eigenvalue weighted by molar-refractivity contribution is 0.489. The van der Waals surface area contributed by atoms with Gasteiger partial charge in [-0.3, -0.25) is 5.32 Å². The normalized spacial score (nSPS) is 27.1. The lowest BCUT2D eigenvalue weighted by Crippen LogP contribution is -2.36. The summed E-state index contributed by atoms with van der Waals surface area (Å²) in [7, 11) is 0. The Morgan fingerprint density at radius 2 is 1.93 bits per heavy atom. The number of benzene rings is 1. The van der Waals surface area contributed by atoms with Crippen molar-refractivity contribution in [2.24, 2.45) is 0 Å². The highest BCUT2D eigenvalue weighted by Crippen LogP contribution is 2.39. The Morgan fingerprint density at radius 3 is 2.47 bits per heavy atom. The topological polar surface area (TPSA) is 12.0 Å². The van der Waals surface area contributed by atoms with Crippen molar-refractivity contribution in [3.63, 3.8) is 0 Å². The van der Waals surface area contributed by atoms with Crippen LogP contribution < -0.4 is 5.32 Å². The smallest absolute Gasteiger partial charge is 0.0555 e. The van der Waals surface area contributed by atoms with Crippen LogP contribution in [0, 0.1) is 0 Å². The fourth-order valence-corrected chi connectivity index (χ4v) is 3.15. The van der Waals surface area contributed by atoms with Gasteiger partial charge in [0.2, 0.25) is 0 Å². The number of nitrogens with one attached hydrogen (secondary N) is 1. The fourth-order valence-electron chi connectivity index (χ4n) is 1.86. The first-order chi connectivity index (χ1) is 7.08. The van der Waals surface area contributed by atoms with Crippen molar-refractivity contribution in [1.29, 1.82) is 0 Å². The van der Waals surface area contributed by atoms with Gasteiger partial charge in [0.15, 0.2) is 0 Å². The molecule has 1 nitrogen and oxygen atoms in total. The summed E-state index contributed by atoms with van der Waals surface area (Å²) >= 11 is 1.92. The third kappa shape index (κ3) is 2.44. The summed E-state index contributed by atoms with van der Waals surface area (Å²) < 4.78 is 0. The van der Waals surface area contributed by atoms with Crippen molar-refractivity contribution in [2.45, 2.75) is 31.7 Å². The van der Waals surface area contributed by atoms with Gasteiger partial charge in [0.25, 0.3) is 0 Å². The summed E-state index contributed by atoms with van der Waals surface area (Å²) in [4.78, 5) is 1.42. The molecule has 1 N–H and O–H groups in total. The van der Waals surface area contributed by atoms with Crippen LogP contribution in [0.4, 0.5) is 0 Å². The Kier molecular flexibility index (Phi) is 2.89. The van der Waals surface area contributed by atoms with E-state index < -0.39 is 0 Å². The molecule has 1 aliphatic rings. The first kappa shape index (κ1) is 10.8. The van der Waals surface area contributed by atoms with Gasteiger partial charge in [0, 0.05) is 10.4 Å². The number of hydrogen-bond acceptors (Lipinski definition) is 2. The summed E-state index contributed by atoms with van der Waals surface area (Å²) in [5.41, 5.74) is 1.39. The van der Waals surface area contributed by atoms with Crippen molar-refractivity contribution in [3.05, 3.63) is 40.8 Å². The molecule has 1 heterocycles. The molecule has 0 radical (unpaired) electrons. The molecule has 1 saturated heterocycles. The minimum atomic E-state index is 0.111. The van der Waals surface area contributed by atoms with Gasteiger partial charge in [-0.25, -0.2) is 0 Å². The average molecular weight is 219 g/mol. The van der Waals surface area contributed by atoms with E-state index in [2.05, 4.69) is 62.5 Å². The minimum Gasteiger partial charge on any atom is -0.296 e. The molecule has 2 heteroatoms. The summed E-state index contributed by atoms with van der Waals surface area (Å²) in [6.07, 6.45) is 2.28. The molecule has 1 aromatic carbocycles. The van der Waals surface area contributed by atoms with E-state index in [0.717, 1.165) is 0 Å². The van der Waals surface area contributed by atoms with Crippen molar-refractivity contribution in [1.82, 2.24) is 5.32 Å². The minimum absolute atomic E-state index is 0.111. The molecule has 1 atom stereocenters. The van der Waals surface area contributed by atoms with E-state index in [1.165, 1.54) is 10.5 Å². The van der Waals surface area contributed by atoms with Gasteiger partial charge in [-0.1, -0.05) is 30.3 Å². The fraction of sp³-hybridized carbons (Fsp3) is 0.385. The maximum Gasteiger partial charge on any atom is 0.0555 e. The summed E-state index contributed by atoms with van der Waals surface area (Å²) in [5.74, 6) is 0. The van der Waals surface area contributed by atoms with E-state index in [4.69, 9.17) is 0 Å². The van der Waals surface area contributed by atoms with E-state index >= 15 is 0 Å². The first-order valence-electron chi connectivity index (χ1n) is 5.29. The molecule has 1 aromatic rings. The van der Waals surface area contributed by atoms with Gasteiger partial charge in [-0.05, 0) is 32.4 Å². The van der Waals surface area contributed by atoms with Gasteiger partial charge in [-0.15, -0.1) is 11.8 Å². The molecule has 0 aromatic heterocycles. The van der Waals surface area contributed by atoms with Gasteiger partial charge < -0.3 is 0 Å². The molecule has 1 aliphatic heterocycles. The SMILES string of the molecule is CC1NC(C)(C)C(=Cc2ccccc2)S1. The van der Waals surface area contributed by atoms with Crippen molar-refractivity contribution < 1.29 is 0 Å². The third-order valence-electron chi connectivity index (χ3n) is 2.58.